The molecule has 2 heterocycles. The number of nitrogens with zero attached hydrogens (tertiary/aromatic N) is 1. The summed E-state index contributed by atoms with van der Waals surface area (Å²) in [6.45, 7) is 4.17. The number of nitrogens with two attached hydrogens (primary N) is 1. The van der Waals surface area contributed by atoms with Gasteiger partial charge in [0, 0.05) is 26.5 Å². The molecule has 5 heteroatoms. The normalized spacial score (nSPS) is 14.4. The van der Waals surface area contributed by atoms with Crippen molar-refractivity contribution in [3.8, 4) is 0 Å². The minimum absolute atomic E-state index is 0.0958. The molecule has 0 saturated heterocycles. The smallest absolute Gasteiger partial charge is 0.0967 e. The Hall–Kier alpha value is -0.360. The maximum atomic E-state index is 6.10. The summed E-state index contributed by atoms with van der Waals surface area (Å²) in [4.78, 5) is 7.03. The van der Waals surface area contributed by atoms with E-state index >= 15 is 0 Å². The average Bonchev–Trinajstić information content (AvgIpc) is 2.74. The highest BCUT2D eigenvalue weighted by Crippen LogP contribution is 2.39. The minimum Gasteiger partial charge on any atom is -0.327 e. The van der Waals surface area contributed by atoms with Crippen molar-refractivity contribution >= 4 is 39.0 Å². The molecule has 2 unspecified atom stereocenters. The number of thioether (sulfide) groups is 1. The lowest BCUT2D eigenvalue weighted by molar-refractivity contribution is 0.728. The fraction of sp³-hybridized carbons (Fsp3) is 0.308. The molecule has 0 fully saturated rings. The summed E-state index contributed by atoms with van der Waals surface area (Å²) in [6.07, 6.45) is 1.82. The van der Waals surface area contributed by atoms with Crippen LogP contribution in [0.1, 0.15) is 21.9 Å². The Balaban J connectivity index is 2.19. The summed E-state index contributed by atoms with van der Waals surface area (Å²) < 4.78 is 0.996. The van der Waals surface area contributed by atoms with Crippen molar-refractivity contribution < 1.29 is 0 Å². The first-order valence-electron chi connectivity index (χ1n) is 5.66. The number of aromatic nitrogens is 1. The van der Waals surface area contributed by atoms with Gasteiger partial charge in [0.15, 0.2) is 0 Å². The zero-order valence-corrected chi connectivity index (χ0v) is 13.5. The first kappa shape index (κ1) is 14.1. The zero-order chi connectivity index (χ0) is 13.1. The van der Waals surface area contributed by atoms with E-state index in [-0.39, 0.29) is 11.3 Å². The topological polar surface area (TPSA) is 38.9 Å². The number of pyridine rings is 1. The highest BCUT2D eigenvalue weighted by atomic mass is 79.9. The van der Waals surface area contributed by atoms with Gasteiger partial charge in [-0.1, -0.05) is 11.8 Å². The summed E-state index contributed by atoms with van der Waals surface area (Å²) in [7, 11) is 0. The van der Waals surface area contributed by atoms with Gasteiger partial charge >= 0.3 is 0 Å². The predicted molar refractivity (Wildman–Crippen MR) is 83.2 cm³/mol. The summed E-state index contributed by atoms with van der Waals surface area (Å²) in [5, 5.41) is 1.27. The maximum absolute atomic E-state index is 6.10. The molecule has 0 radical (unpaired) electrons. The lowest BCUT2D eigenvalue weighted by atomic mass is 10.2. The number of hydrogen-bond donors (Lipinski definition) is 1. The van der Waals surface area contributed by atoms with Crippen molar-refractivity contribution in [3.63, 3.8) is 0 Å². The molecular weight excluding hydrogens is 328 g/mol. The second-order valence-corrected chi connectivity index (χ2v) is 7.56. The Morgan fingerprint density at radius 2 is 2.11 bits per heavy atom. The molecule has 2 nitrogen and oxygen atoms in total. The van der Waals surface area contributed by atoms with Gasteiger partial charge in [0.05, 0.1) is 10.3 Å². The van der Waals surface area contributed by atoms with Crippen LogP contribution >= 0.6 is 39.0 Å². The fourth-order valence-electron chi connectivity index (χ4n) is 1.59. The molecule has 2 N–H and O–H groups in total. The van der Waals surface area contributed by atoms with E-state index in [2.05, 4.69) is 40.0 Å². The van der Waals surface area contributed by atoms with E-state index < -0.39 is 0 Å². The van der Waals surface area contributed by atoms with E-state index in [0.29, 0.717) is 0 Å². The highest BCUT2D eigenvalue weighted by molar-refractivity contribution is 9.10. The summed E-state index contributed by atoms with van der Waals surface area (Å²) in [6, 6.07) is 8.43. The standard InChI is InChI=1S/C13H15BrN2S2/c1-8-3-5-11(17-8)13(9(2)15)18-12-6-4-10(14)7-16-12/h3-7,9,13H,15H2,1-2H3. The Kier molecular flexibility index (Phi) is 4.84. The third kappa shape index (κ3) is 3.57. The van der Waals surface area contributed by atoms with Crippen LogP contribution in [-0.4, -0.2) is 11.0 Å². The van der Waals surface area contributed by atoms with Gasteiger partial charge in [0.2, 0.25) is 0 Å². The predicted octanol–water partition coefficient (Wildman–Crippen LogP) is 4.39. The molecule has 0 spiro atoms. The van der Waals surface area contributed by atoms with Gasteiger partial charge in [-0.25, -0.2) is 4.98 Å². The molecular formula is C13H15BrN2S2. The SMILES string of the molecule is Cc1ccc(C(Sc2ccc(Br)cn2)C(C)N)s1. The van der Waals surface area contributed by atoms with Crippen molar-refractivity contribution in [2.75, 3.05) is 0 Å². The second-order valence-electron chi connectivity index (χ2n) is 4.16. The van der Waals surface area contributed by atoms with E-state index in [1.54, 1.807) is 11.8 Å². The molecule has 0 aliphatic rings. The van der Waals surface area contributed by atoms with Gasteiger partial charge in [0.25, 0.3) is 0 Å². The highest BCUT2D eigenvalue weighted by Gasteiger charge is 2.19. The van der Waals surface area contributed by atoms with Crippen LogP contribution in [0.2, 0.25) is 0 Å². The van der Waals surface area contributed by atoms with Crippen LogP contribution in [0, 0.1) is 6.92 Å². The Labute approximate surface area is 124 Å². The molecule has 0 saturated carbocycles. The van der Waals surface area contributed by atoms with E-state index in [1.165, 1.54) is 9.75 Å². The summed E-state index contributed by atoms with van der Waals surface area (Å²) >= 11 is 6.93. The molecule has 0 aliphatic heterocycles. The molecule has 0 aliphatic carbocycles. The van der Waals surface area contributed by atoms with Crippen molar-refractivity contribution in [1.29, 1.82) is 0 Å². The van der Waals surface area contributed by atoms with Crippen LogP contribution in [0.25, 0.3) is 0 Å². The summed E-state index contributed by atoms with van der Waals surface area (Å²) in [5.74, 6) is 0. The van der Waals surface area contributed by atoms with Crippen molar-refractivity contribution in [3.05, 3.63) is 44.7 Å². The van der Waals surface area contributed by atoms with Crippen LogP contribution in [0.15, 0.2) is 40.0 Å². The van der Waals surface area contributed by atoms with Crippen molar-refractivity contribution in [2.24, 2.45) is 5.73 Å². The third-order valence-electron chi connectivity index (χ3n) is 2.47. The van der Waals surface area contributed by atoms with Gasteiger partial charge < -0.3 is 5.73 Å². The molecule has 18 heavy (non-hydrogen) atoms. The average molecular weight is 343 g/mol. The Morgan fingerprint density at radius 3 is 2.61 bits per heavy atom. The van der Waals surface area contributed by atoms with E-state index in [4.69, 9.17) is 5.73 Å². The van der Waals surface area contributed by atoms with Gasteiger partial charge in [-0.2, -0.15) is 0 Å². The first-order chi connectivity index (χ1) is 8.56. The van der Waals surface area contributed by atoms with Gasteiger partial charge in [0.1, 0.15) is 0 Å². The van der Waals surface area contributed by atoms with Crippen LogP contribution in [0.3, 0.4) is 0 Å². The Bertz CT molecular complexity index is 508. The van der Waals surface area contributed by atoms with Crippen LogP contribution in [0.4, 0.5) is 0 Å². The molecule has 96 valence electrons. The third-order valence-corrected chi connectivity index (χ3v) is 5.59. The van der Waals surface area contributed by atoms with E-state index in [0.717, 1.165) is 9.50 Å². The molecule has 0 amide bonds. The maximum Gasteiger partial charge on any atom is 0.0967 e. The van der Waals surface area contributed by atoms with Gasteiger partial charge in [-0.15, -0.1) is 11.3 Å². The van der Waals surface area contributed by atoms with Crippen LogP contribution in [-0.2, 0) is 0 Å². The largest absolute Gasteiger partial charge is 0.327 e. The first-order valence-corrected chi connectivity index (χ1v) is 8.15. The molecule has 2 atom stereocenters. The zero-order valence-electron chi connectivity index (χ0n) is 10.3. The number of hydrogen-bond acceptors (Lipinski definition) is 4. The van der Waals surface area contributed by atoms with E-state index in [1.807, 2.05) is 36.6 Å². The monoisotopic (exact) mass is 342 g/mol. The quantitative estimate of drug-likeness (QED) is 0.837. The molecule has 0 aromatic carbocycles. The molecule has 0 bridgehead atoms. The van der Waals surface area contributed by atoms with Gasteiger partial charge in [-0.3, -0.25) is 0 Å². The number of halogens is 1. The van der Waals surface area contributed by atoms with Crippen LogP contribution < -0.4 is 5.73 Å². The van der Waals surface area contributed by atoms with Crippen molar-refractivity contribution in [2.45, 2.75) is 30.2 Å². The molecule has 2 aromatic heterocycles. The minimum atomic E-state index is 0.0958. The molecule has 2 rings (SSSR count). The fourth-order valence-corrected chi connectivity index (χ4v) is 4.02. The lowest BCUT2D eigenvalue weighted by Crippen LogP contribution is -2.21. The second kappa shape index (κ2) is 6.19. The molecule has 2 aromatic rings. The Morgan fingerprint density at radius 1 is 1.33 bits per heavy atom. The van der Waals surface area contributed by atoms with Crippen LogP contribution in [0.5, 0.6) is 0 Å². The number of rotatable bonds is 4. The van der Waals surface area contributed by atoms with Gasteiger partial charge in [-0.05, 0) is 54.0 Å². The van der Waals surface area contributed by atoms with E-state index in [9.17, 15) is 0 Å². The summed E-state index contributed by atoms with van der Waals surface area (Å²) in [5.41, 5.74) is 6.10. The lowest BCUT2D eigenvalue weighted by Gasteiger charge is -2.18. The van der Waals surface area contributed by atoms with Crippen molar-refractivity contribution in [1.82, 2.24) is 4.98 Å². The number of thiophene rings is 1. The number of aryl methyl sites for hydroxylation is 1.